The molecule has 0 aromatic carbocycles. The molecule has 0 aliphatic carbocycles. The van der Waals surface area contributed by atoms with Gasteiger partial charge in [0.05, 0.1) is 30.5 Å². The summed E-state index contributed by atoms with van der Waals surface area (Å²) in [7, 11) is 0. The molecule has 20 heteroatoms. The molecule has 0 bridgehead atoms. The number of H-pyrrole nitrogens is 2. The van der Waals surface area contributed by atoms with E-state index in [-0.39, 0.29) is 30.5 Å². The van der Waals surface area contributed by atoms with Gasteiger partial charge in [0.25, 0.3) is 11.1 Å². The third kappa shape index (κ3) is 10.3. The molecule has 2 saturated heterocycles. The maximum absolute atomic E-state index is 12.8. The lowest BCUT2D eigenvalue weighted by Gasteiger charge is -2.19. The van der Waals surface area contributed by atoms with E-state index in [9.17, 15) is 29.1 Å². The van der Waals surface area contributed by atoms with Gasteiger partial charge in [-0.25, -0.2) is 19.1 Å². The molecule has 2 fully saturated rings. The van der Waals surface area contributed by atoms with Gasteiger partial charge in [-0.15, -0.1) is 5.10 Å². The fraction of sp³-hybridized carbons (Fsp3) is 0.667. The first-order chi connectivity index (χ1) is 25.6. The topological polar surface area (TPSA) is 263 Å². The normalized spacial score (nSPS) is 22.5. The van der Waals surface area contributed by atoms with Crippen molar-refractivity contribution in [3.8, 4) is 0 Å². The summed E-state index contributed by atoms with van der Waals surface area (Å²) in [6.07, 6.45) is 8.71. The Bertz CT molecular complexity index is 1980. The number of carbonyl (C=O) groups is 1. The zero-order chi connectivity index (χ0) is 37.9. The Balaban J connectivity index is 1.15. The summed E-state index contributed by atoms with van der Waals surface area (Å²) in [6, 6.07) is -0.818. The van der Waals surface area contributed by atoms with Crippen LogP contribution in [-0.4, -0.2) is 82.9 Å². The van der Waals surface area contributed by atoms with Crippen molar-refractivity contribution in [1.82, 2.24) is 34.1 Å². The number of carbonyl (C=O) groups excluding carboxylic acids is 1. The second kappa shape index (κ2) is 18.6. The molecule has 0 spiro atoms. The summed E-state index contributed by atoms with van der Waals surface area (Å²) in [6.45, 7) is 2.79. The van der Waals surface area contributed by atoms with Gasteiger partial charge in [-0.3, -0.25) is 28.7 Å². The minimum absolute atomic E-state index is 0.0415. The molecule has 3 N–H and O–H groups in total. The summed E-state index contributed by atoms with van der Waals surface area (Å²) in [5.74, 6) is 0. The first-order valence-corrected chi connectivity index (χ1v) is 17.9. The molecule has 53 heavy (non-hydrogen) atoms. The number of aromatic nitrogens is 7. The Hall–Kier alpha value is -5.04. The number of aliphatic hydroxyl groups excluding tert-OH is 1. The number of rotatable bonds is 18. The summed E-state index contributed by atoms with van der Waals surface area (Å²) in [4.78, 5) is 69.7. The lowest BCUT2D eigenvalue weighted by atomic mass is 10.1. The number of azide groups is 1. The van der Waals surface area contributed by atoms with E-state index in [1.807, 2.05) is 0 Å². The molecule has 20 nitrogen and oxygen atoms in total. The van der Waals surface area contributed by atoms with Gasteiger partial charge in [0.1, 0.15) is 37.4 Å². The van der Waals surface area contributed by atoms with Gasteiger partial charge in [0.15, 0.2) is 0 Å². The van der Waals surface area contributed by atoms with Gasteiger partial charge in [-0.1, -0.05) is 62.2 Å². The molecule has 2 aliphatic heterocycles. The molecule has 2 aliphatic rings. The lowest BCUT2D eigenvalue weighted by Crippen LogP contribution is -2.34. The highest BCUT2D eigenvalue weighted by molar-refractivity contribution is 5.60. The molecular formula is C33H46N10O10. The van der Waals surface area contributed by atoms with E-state index < -0.39 is 78.7 Å². The lowest BCUT2D eigenvalue weighted by molar-refractivity contribution is -0.0689. The predicted octanol–water partition coefficient (Wildman–Crippen LogP) is 2.49. The average Bonchev–Trinajstić information content (AvgIpc) is 3.86. The Kier molecular flexibility index (Phi) is 13.8. The van der Waals surface area contributed by atoms with Gasteiger partial charge >= 0.3 is 17.5 Å². The first kappa shape index (κ1) is 39.2. The van der Waals surface area contributed by atoms with Crippen molar-refractivity contribution in [1.29, 1.82) is 0 Å². The fourth-order valence-electron chi connectivity index (χ4n) is 6.49. The van der Waals surface area contributed by atoms with Crippen LogP contribution in [0, 0.1) is 6.92 Å². The van der Waals surface area contributed by atoms with E-state index in [4.69, 9.17) is 24.5 Å². The third-order valence-corrected chi connectivity index (χ3v) is 9.39. The van der Waals surface area contributed by atoms with E-state index >= 15 is 0 Å². The molecule has 5 rings (SSSR count). The minimum Gasteiger partial charge on any atom is -0.432 e. The van der Waals surface area contributed by atoms with Crippen molar-refractivity contribution in [3.63, 3.8) is 0 Å². The molecule has 3 aromatic heterocycles. The summed E-state index contributed by atoms with van der Waals surface area (Å²) < 4.78 is 26.2. The second-order valence-corrected chi connectivity index (χ2v) is 13.3. The van der Waals surface area contributed by atoms with Crippen molar-refractivity contribution in [2.24, 2.45) is 5.11 Å². The second-order valence-electron chi connectivity index (χ2n) is 13.3. The van der Waals surface area contributed by atoms with Crippen LogP contribution in [0.3, 0.4) is 0 Å². The third-order valence-electron chi connectivity index (χ3n) is 9.39. The van der Waals surface area contributed by atoms with Gasteiger partial charge in [0.2, 0.25) is 0 Å². The average molecular weight is 743 g/mol. The van der Waals surface area contributed by atoms with Crippen molar-refractivity contribution in [2.45, 2.75) is 128 Å². The van der Waals surface area contributed by atoms with Crippen LogP contribution >= 0.6 is 0 Å². The van der Waals surface area contributed by atoms with Crippen LogP contribution < -0.4 is 22.5 Å². The smallest absolute Gasteiger partial charge is 0.432 e. The van der Waals surface area contributed by atoms with Crippen LogP contribution in [0.1, 0.15) is 100 Å². The molecule has 6 atom stereocenters. The van der Waals surface area contributed by atoms with Crippen LogP contribution in [0.25, 0.3) is 10.4 Å². The number of aliphatic hydroxyl groups is 1. The van der Waals surface area contributed by atoms with E-state index in [1.54, 1.807) is 6.20 Å². The standard InChI is InChI=1S/C33H46N10O10/c1-3-4-5-6-7-8-9-10-11-22-17-41(40-37-22)15-21-16-43(32(48)36-30(21)46)28-13-24(25(18-44)51-28)53-33(49)50-19-26-23(38-39-34)12-27(52-26)42-14-20(2)29(45)35-31(42)47/h14,16-17,23-28,44H,3-13,15,18-19H2,1-2H3,(H,35,45,47)(H,36,46,48)/t23-,24-,25+,26+,27+,28+/m0/s1. The number of hydrogen-bond acceptors (Lipinski definition) is 13. The largest absolute Gasteiger partial charge is 0.508 e. The van der Waals surface area contributed by atoms with Crippen molar-refractivity contribution >= 4 is 6.16 Å². The number of ether oxygens (including phenoxy) is 4. The van der Waals surface area contributed by atoms with Crippen molar-refractivity contribution < 1.29 is 28.8 Å². The zero-order valence-electron chi connectivity index (χ0n) is 29.8. The minimum atomic E-state index is -1.15. The van der Waals surface area contributed by atoms with E-state index in [2.05, 4.69) is 37.2 Å². The molecule has 0 radical (unpaired) electrons. The van der Waals surface area contributed by atoms with Crippen LogP contribution in [0.2, 0.25) is 0 Å². The Morgan fingerprint density at radius 3 is 2.34 bits per heavy atom. The number of hydrogen-bond donors (Lipinski definition) is 3. The quantitative estimate of drug-likeness (QED) is 0.0558. The molecule has 5 heterocycles. The monoisotopic (exact) mass is 742 g/mol. The van der Waals surface area contributed by atoms with Gasteiger partial charge in [0, 0.05) is 41.9 Å². The SMILES string of the molecule is CCCCCCCCCCc1cn(Cc2cn([C@H]3C[C@H](OC(=O)OC[C@H]4O[C@@H](n5cc(C)c(=O)[nH]c5=O)C[C@@H]4N=[N+]=[N-])[C@@H](CO)O3)c(=O)[nH]c2=O)nn1. The number of unbranched alkanes of at least 4 members (excludes halogenated alkanes) is 7. The van der Waals surface area contributed by atoms with Gasteiger partial charge < -0.3 is 24.1 Å². The van der Waals surface area contributed by atoms with E-state index in [1.165, 1.54) is 62.5 Å². The molecule has 3 aromatic rings. The first-order valence-electron chi connectivity index (χ1n) is 17.9. The molecular weight excluding hydrogens is 696 g/mol. The number of nitrogens with one attached hydrogen (secondary N) is 2. The van der Waals surface area contributed by atoms with E-state index in [0.717, 1.165) is 34.1 Å². The van der Waals surface area contributed by atoms with Crippen LogP contribution in [0.15, 0.2) is 42.9 Å². The van der Waals surface area contributed by atoms with Crippen LogP contribution in [0.5, 0.6) is 0 Å². The molecule has 0 saturated carbocycles. The summed E-state index contributed by atoms with van der Waals surface area (Å²) in [5, 5.41) is 22.0. The highest BCUT2D eigenvalue weighted by Gasteiger charge is 2.41. The van der Waals surface area contributed by atoms with Crippen molar-refractivity contribution in [2.75, 3.05) is 13.2 Å². The molecule has 288 valence electrons. The van der Waals surface area contributed by atoms with Crippen LogP contribution in [0.4, 0.5) is 4.79 Å². The Morgan fingerprint density at radius 2 is 1.62 bits per heavy atom. The summed E-state index contributed by atoms with van der Waals surface area (Å²) >= 11 is 0. The van der Waals surface area contributed by atoms with Crippen LogP contribution in [-0.2, 0) is 31.9 Å². The Morgan fingerprint density at radius 1 is 0.962 bits per heavy atom. The predicted molar refractivity (Wildman–Crippen MR) is 186 cm³/mol. The highest BCUT2D eigenvalue weighted by Crippen LogP contribution is 2.32. The van der Waals surface area contributed by atoms with E-state index in [0.29, 0.717) is 0 Å². The van der Waals surface area contributed by atoms with Gasteiger partial charge in [-0.05, 0) is 25.3 Å². The Labute approximate surface area is 302 Å². The summed E-state index contributed by atoms with van der Waals surface area (Å²) in [5.41, 5.74) is 7.70. The van der Waals surface area contributed by atoms with Crippen molar-refractivity contribution in [3.05, 3.63) is 87.5 Å². The highest BCUT2D eigenvalue weighted by atomic mass is 16.7. The molecule has 0 unspecified atom stereocenters. The number of aromatic amines is 2. The maximum Gasteiger partial charge on any atom is 0.508 e. The number of nitrogens with zero attached hydrogens (tertiary/aromatic N) is 8. The molecule has 0 amide bonds. The maximum atomic E-state index is 12.8. The fourth-order valence-corrected chi connectivity index (χ4v) is 6.49. The number of aryl methyl sites for hydroxylation is 2. The zero-order valence-corrected chi connectivity index (χ0v) is 29.8. The van der Waals surface area contributed by atoms with Gasteiger partial charge in [-0.2, -0.15) is 0 Å².